The first-order valence-electron chi connectivity index (χ1n) is 6.63. The first-order valence-corrected chi connectivity index (χ1v) is 6.63. The normalized spacial score (nSPS) is 22.2. The van der Waals surface area contributed by atoms with E-state index in [9.17, 15) is 4.79 Å². The molecule has 3 N–H and O–H groups in total. The van der Waals surface area contributed by atoms with Gasteiger partial charge in [0.2, 0.25) is 5.91 Å². The van der Waals surface area contributed by atoms with Crippen LogP contribution >= 0.6 is 0 Å². The topological polar surface area (TPSA) is 67.6 Å². The van der Waals surface area contributed by atoms with E-state index in [1.165, 1.54) is 0 Å². The Bertz CT molecular complexity index is 286. The number of hydrogen-bond donors (Lipinski definition) is 2. The molecule has 1 unspecified atom stereocenters. The Labute approximate surface area is 110 Å². The van der Waals surface area contributed by atoms with Crippen LogP contribution in [0.1, 0.15) is 33.6 Å². The van der Waals surface area contributed by atoms with Gasteiger partial charge in [0.15, 0.2) is 0 Å². The molecule has 0 aromatic carbocycles. The average Bonchev–Trinajstić information content (AvgIpc) is 2.57. The van der Waals surface area contributed by atoms with Gasteiger partial charge in [-0.3, -0.25) is 9.69 Å². The van der Waals surface area contributed by atoms with Gasteiger partial charge in [-0.1, -0.05) is 0 Å². The summed E-state index contributed by atoms with van der Waals surface area (Å²) in [4.78, 5) is 14.1. The van der Waals surface area contributed by atoms with E-state index in [0.29, 0.717) is 6.42 Å². The number of amides is 1. The van der Waals surface area contributed by atoms with Gasteiger partial charge in [-0.2, -0.15) is 0 Å². The van der Waals surface area contributed by atoms with Crippen LogP contribution in [0.25, 0.3) is 0 Å². The summed E-state index contributed by atoms with van der Waals surface area (Å²) in [5.74, 6) is -0.269. The van der Waals surface area contributed by atoms with Crippen molar-refractivity contribution in [3.05, 3.63) is 0 Å². The van der Waals surface area contributed by atoms with Gasteiger partial charge in [0.05, 0.1) is 5.60 Å². The molecule has 106 valence electrons. The second-order valence-electron chi connectivity index (χ2n) is 5.87. The Morgan fingerprint density at radius 3 is 2.56 bits per heavy atom. The molecular weight excluding hydrogens is 230 g/mol. The molecule has 1 saturated heterocycles. The van der Waals surface area contributed by atoms with Crippen molar-refractivity contribution in [3.8, 4) is 0 Å². The van der Waals surface area contributed by atoms with Crippen molar-refractivity contribution < 1.29 is 9.53 Å². The lowest BCUT2D eigenvalue weighted by Gasteiger charge is -2.42. The summed E-state index contributed by atoms with van der Waals surface area (Å²) in [6.45, 7) is 9.55. The summed E-state index contributed by atoms with van der Waals surface area (Å²) in [6, 6.07) is 0. The zero-order valence-corrected chi connectivity index (χ0v) is 12.1. The predicted molar refractivity (Wildman–Crippen MR) is 72.4 cm³/mol. The number of hydrogen-bond acceptors (Lipinski definition) is 4. The number of carbonyl (C=O) groups is 1. The number of ether oxygens (including phenoxy) is 1. The molecule has 1 fully saturated rings. The lowest BCUT2D eigenvalue weighted by atomic mass is 9.85. The summed E-state index contributed by atoms with van der Waals surface area (Å²) in [5.41, 5.74) is 4.65. The maximum Gasteiger partial charge on any atom is 0.237 e. The van der Waals surface area contributed by atoms with Crippen molar-refractivity contribution in [1.82, 2.24) is 10.2 Å². The van der Waals surface area contributed by atoms with Crippen molar-refractivity contribution in [3.63, 3.8) is 0 Å². The number of nitrogens with zero attached hydrogens (tertiary/aromatic N) is 1. The van der Waals surface area contributed by atoms with Crippen LogP contribution in [-0.4, -0.2) is 55.2 Å². The second kappa shape index (κ2) is 5.99. The highest BCUT2D eigenvalue weighted by Crippen LogP contribution is 2.28. The van der Waals surface area contributed by atoms with Crippen LogP contribution in [0.2, 0.25) is 0 Å². The van der Waals surface area contributed by atoms with Crippen LogP contribution in [0.4, 0.5) is 0 Å². The van der Waals surface area contributed by atoms with E-state index < -0.39 is 5.54 Å². The molecule has 0 aromatic heterocycles. The van der Waals surface area contributed by atoms with Gasteiger partial charge in [-0.25, -0.2) is 0 Å². The quantitative estimate of drug-likeness (QED) is 0.745. The lowest BCUT2D eigenvalue weighted by Crippen LogP contribution is -2.59. The maximum absolute atomic E-state index is 11.9. The van der Waals surface area contributed by atoms with Gasteiger partial charge < -0.3 is 15.8 Å². The second-order valence-corrected chi connectivity index (χ2v) is 5.87. The Kier molecular flexibility index (Phi) is 5.13. The highest BCUT2D eigenvalue weighted by atomic mass is 16.5. The van der Waals surface area contributed by atoms with E-state index in [1.54, 1.807) is 7.11 Å². The molecule has 1 rings (SSSR count). The Morgan fingerprint density at radius 2 is 2.00 bits per heavy atom. The van der Waals surface area contributed by atoms with E-state index in [-0.39, 0.29) is 11.5 Å². The third-order valence-corrected chi connectivity index (χ3v) is 3.89. The minimum absolute atomic E-state index is 0.269. The molecule has 0 radical (unpaired) electrons. The summed E-state index contributed by atoms with van der Waals surface area (Å²) in [5, 5.41) is 3.34. The van der Waals surface area contributed by atoms with Gasteiger partial charge in [0.1, 0.15) is 5.54 Å². The zero-order valence-electron chi connectivity index (χ0n) is 12.1. The summed E-state index contributed by atoms with van der Waals surface area (Å²) >= 11 is 0. The van der Waals surface area contributed by atoms with Crippen LogP contribution in [-0.2, 0) is 9.53 Å². The molecule has 18 heavy (non-hydrogen) atoms. The molecule has 0 saturated carbocycles. The van der Waals surface area contributed by atoms with Crippen LogP contribution in [0.5, 0.6) is 0 Å². The van der Waals surface area contributed by atoms with Gasteiger partial charge >= 0.3 is 0 Å². The Hall–Kier alpha value is -0.650. The standard InChI is InChI=1S/C13H27N3O2/c1-12(2,18-4)10-13(3,11(14)17)16-8-5-6-15-7-9-16/h15H,5-10H2,1-4H3,(H2,14,17). The summed E-state index contributed by atoms with van der Waals surface area (Å²) in [6.07, 6.45) is 1.64. The predicted octanol–water partition coefficient (Wildman–Crippen LogP) is 0.341. The molecule has 0 spiro atoms. The number of methoxy groups -OCH3 is 1. The Morgan fingerprint density at radius 1 is 1.33 bits per heavy atom. The van der Waals surface area contributed by atoms with E-state index in [0.717, 1.165) is 32.6 Å². The summed E-state index contributed by atoms with van der Waals surface area (Å²) < 4.78 is 5.46. The molecule has 1 amide bonds. The fourth-order valence-corrected chi connectivity index (χ4v) is 2.60. The molecule has 0 bridgehead atoms. The fourth-order valence-electron chi connectivity index (χ4n) is 2.60. The molecule has 1 heterocycles. The SMILES string of the molecule is COC(C)(C)CC(C)(C(N)=O)N1CCCNCC1. The lowest BCUT2D eigenvalue weighted by molar-refractivity contribution is -0.134. The third kappa shape index (κ3) is 3.67. The molecule has 0 aliphatic carbocycles. The smallest absolute Gasteiger partial charge is 0.237 e. The highest BCUT2D eigenvalue weighted by Gasteiger charge is 2.42. The average molecular weight is 257 g/mol. The first-order chi connectivity index (χ1) is 8.32. The Balaban J connectivity index is 2.87. The minimum atomic E-state index is -0.647. The van der Waals surface area contributed by atoms with Crippen molar-refractivity contribution in [2.45, 2.75) is 44.8 Å². The van der Waals surface area contributed by atoms with E-state index in [2.05, 4.69) is 10.2 Å². The molecule has 0 aromatic rings. The van der Waals surface area contributed by atoms with Crippen LogP contribution in [0.3, 0.4) is 0 Å². The maximum atomic E-state index is 11.9. The highest BCUT2D eigenvalue weighted by molar-refractivity contribution is 5.84. The summed E-state index contributed by atoms with van der Waals surface area (Å²) in [7, 11) is 1.67. The van der Waals surface area contributed by atoms with E-state index in [4.69, 9.17) is 10.5 Å². The number of primary amides is 1. The zero-order chi connectivity index (χ0) is 13.8. The van der Waals surface area contributed by atoms with E-state index in [1.807, 2.05) is 20.8 Å². The monoisotopic (exact) mass is 257 g/mol. The number of rotatable bonds is 5. The van der Waals surface area contributed by atoms with Crippen LogP contribution in [0, 0.1) is 0 Å². The molecular formula is C13H27N3O2. The molecule has 5 nitrogen and oxygen atoms in total. The van der Waals surface area contributed by atoms with Gasteiger partial charge in [-0.15, -0.1) is 0 Å². The largest absolute Gasteiger partial charge is 0.379 e. The van der Waals surface area contributed by atoms with Crippen molar-refractivity contribution >= 4 is 5.91 Å². The van der Waals surface area contributed by atoms with Gasteiger partial charge in [0.25, 0.3) is 0 Å². The van der Waals surface area contributed by atoms with Crippen LogP contribution < -0.4 is 11.1 Å². The van der Waals surface area contributed by atoms with Crippen LogP contribution in [0.15, 0.2) is 0 Å². The fraction of sp³-hybridized carbons (Fsp3) is 0.923. The number of carbonyl (C=O) groups excluding carboxylic acids is 1. The molecule has 1 aliphatic heterocycles. The van der Waals surface area contributed by atoms with Crippen molar-refractivity contribution in [1.29, 1.82) is 0 Å². The molecule has 1 atom stereocenters. The van der Waals surface area contributed by atoms with Crippen molar-refractivity contribution in [2.24, 2.45) is 5.73 Å². The minimum Gasteiger partial charge on any atom is -0.379 e. The molecule has 5 heteroatoms. The third-order valence-electron chi connectivity index (χ3n) is 3.89. The van der Waals surface area contributed by atoms with Gasteiger partial charge in [0, 0.05) is 33.2 Å². The number of nitrogens with one attached hydrogen (secondary N) is 1. The van der Waals surface area contributed by atoms with Gasteiger partial charge in [-0.05, 0) is 33.7 Å². The first kappa shape index (κ1) is 15.4. The number of nitrogens with two attached hydrogens (primary N) is 1. The van der Waals surface area contributed by atoms with Crippen molar-refractivity contribution in [2.75, 3.05) is 33.3 Å². The van der Waals surface area contributed by atoms with E-state index >= 15 is 0 Å². The molecule has 1 aliphatic rings.